The van der Waals surface area contributed by atoms with Gasteiger partial charge in [0.05, 0.1) is 45.1 Å². The second-order valence-electron chi connectivity index (χ2n) is 6.89. The zero-order valence-corrected chi connectivity index (χ0v) is 17.5. The van der Waals surface area contributed by atoms with Gasteiger partial charge >= 0.3 is 5.97 Å². The molecule has 0 aromatic heterocycles. The van der Waals surface area contributed by atoms with Crippen molar-refractivity contribution in [1.29, 1.82) is 0 Å². The number of methoxy groups -OCH3 is 4. The van der Waals surface area contributed by atoms with Crippen molar-refractivity contribution in [2.45, 2.75) is 13.3 Å². The lowest BCUT2D eigenvalue weighted by Crippen LogP contribution is -2.25. The number of fused-ring (bicyclic) bond motifs is 2. The van der Waals surface area contributed by atoms with E-state index in [0.717, 1.165) is 5.57 Å². The Balaban J connectivity index is 2.40. The Kier molecular flexibility index (Phi) is 5.64. The molecule has 156 valence electrons. The molecule has 0 spiro atoms. The third-order valence-electron chi connectivity index (χ3n) is 4.95. The number of ketones is 2. The first-order valence-corrected chi connectivity index (χ1v) is 9.10. The number of carbonyl (C=O) groups is 3. The van der Waals surface area contributed by atoms with Crippen molar-refractivity contribution in [3.63, 3.8) is 0 Å². The Morgan fingerprint density at radius 1 is 0.900 bits per heavy atom. The van der Waals surface area contributed by atoms with E-state index in [1.54, 1.807) is 6.92 Å². The average Bonchev–Trinajstić information content (AvgIpc) is 2.74. The summed E-state index contributed by atoms with van der Waals surface area (Å²) in [6.07, 6.45) is 0.274. The van der Waals surface area contributed by atoms with Crippen LogP contribution in [0.2, 0.25) is 0 Å². The Morgan fingerprint density at radius 3 is 2.07 bits per heavy atom. The molecule has 1 aliphatic carbocycles. The van der Waals surface area contributed by atoms with E-state index in [1.165, 1.54) is 46.6 Å². The maximum atomic E-state index is 13.5. The third kappa shape index (κ3) is 3.22. The molecule has 7 heteroatoms. The van der Waals surface area contributed by atoms with Crippen LogP contribution in [-0.4, -0.2) is 46.0 Å². The first-order chi connectivity index (χ1) is 14.3. The number of hydrogen-bond acceptors (Lipinski definition) is 7. The number of benzene rings is 2. The highest BCUT2D eigenvalue weighted by Crippen LogP contribution is 2.42. The molecule has 30 heavy (non-hydrogen) atoms. The van der Waals surface area contributed by atoms with E-state index in [2.05, 4.69) is 6.58 Å². The molecule has 1 aliphatic rings. The lowest BCUT2D eigenvalue weighted by molar-refractivity contribution is 0.0598. The first-order valence-electron chi connectivity index (χ1n) is 9.10. The molecule has 0 saturated heterocycles. The first kappa shape index (κ1) is 21.1. The molecule has 0 aliphatic heterocycles. The summed E-state index contributed by atoms with van der Waals surface area (Å²) in [6.45, 7) is 5.68. The van der Waals surface area contributed by atoms with Gasteiger partial charge in [0.15, 0.2) is 11.6 Å². The predicted molar refractivity (Wildman–Crippen MR) is 109 cm³/mol. The fourth-order valence-electron chi connectivity index (χ4n) is 3.65. The van der Waals surface area contributed by atoms with Gasteiger partial charge in [0, 0.05) is 22.8 Å². The monoisotopic (exact) mass is 410 g/mol. The number of allylic oxidation sites excluding steroid dienone is 1. The topological polar surface area (TPSA) is 88.1 Å². The van der Waals surface area contributed by atoms with Gasteiger partial charge in [-0.2, -0.15) is 0 Å². The molecule has 0 radical (unpaired) electrons. The van der Waals surface area contributed by atoms with Crippen LogP contribution in [0, 0.1) is 0 Å². The van der Waals surface area contributed by atoms with Gasteiger partial charge in [-0.15, -0.1) is 0 Å². The van der Waals surface area contributed by atoms with Crippen molar-refractivity contribution in [2.24, 2.45) is 0 Å². The lowest BCUT2D eigenvalue weighted by atomic mass is 9.80. The van der Waals surface area contributed by atoms with Gasteiger partial charge in [-0.1, -0.05) is 12.2 Å². The van der Waals surface area contributed by atoms with E-state index in [9.17, 15) is 14.4 Å². The summed E-state index contributed by atoms with van der Waals surface area (Å²) in [4.78, 5) is 39.3. The molecule has 0 saturated carbocycles. The van der Waals surface area contributed by atoms with Crippen molar-refractivity contribution in [3.8, 4) is 17.2 Å². The molecular formula is C23H22O7. The van der Waals surface area contributed by atoms with Gasteiger partial charge in [-0.3, -0.25) is 9.59 Å². The zero-order chi connectivity index (χ0) is 22.2. The molecular weight excluding hydrogens is 388 g/mol. The van der Waals surface area contributed by atoms with Crippen LogP contribution in [0.5, 0.6) is 17.2 Å². The van der Waals surface area contributed by atoms with E-state index in [-0.39, 0.29) is 45.7 Å². The normalized spacial score (nSPS) is 12.0. The zero-order valence-electron chi connectivity index (χ0n) is 17.5. The summed E-state index contributed by atoms with van der Waals surface area (Å²) in [5, 5.41) is 0. The van der Waals surface area contributed by atoms with Crippen LogP contribution in [0.1, 0.15) is 54.7 Å². The quantitative estimate of drug-likeness (QED) is 0.455. The molecule has 7 nitrogen and oxygen atoms in total. The highest BCUT2D eigenvalue weighted by atomic mass is 16.5. The summed E-state index contributed by atoms with van der Waals surface area (Å²) in [6, 6.07) is 4.41. The minimum atomic E-state index is -0.639. The molecule has 0 fully saturated rings. The fraction of sp³-hybridized carbons (Fsp3) is 0.261. The number of esters is 1. The minimum absolute atomic E-state index is 0.0543. The Morgan fingerprint density at radius 2 is 1.53 bits per heavy atom. The van der Waals surface area contributed by atoms with Gasteiger partial charge in [0.2, 0.25) is 0 Å². The van der Waals surface area contributed by atoms with E-state index in [0.29, 0.717) is 11.3 Å². The van der Waals surface area contributed by atoms with Crippen LogP contribution in [0.4, 0.5) is 0 Å². The molecule has 2 aromatic rings. The van der Waals surface area contributed by atoms with Crippen LogP contribution < -0.4 is 14.2 Å². The third-order valence-corrected chi connectivity index (χ3v) is 4.95. The summed E-state index contributed by atoms with van der Waals surface area (Å²) < 4.78 is 21.0. The summed E-state index contributed by atoms with van der Waals surface area (Å²) in [7, 11) is 5.49. The second kappa shape index (κ2) is 8.02. The molecule has 0 unspecified atom stereocenters. The molecule has 3 rings (SSSR count). The molecule has 0 atom stereocenters. The van der Waals surface area contributed by atoms with Crippen molar-refractivity contribution in [1.82, 2.24) is 0 Å². The standard InChI is InChI=1S/C23H22O7/c1-11(2)7-13-14(23(26)30-6)10-16-19(22(13)29-5)21(25)15-8-12(27-3)9-17(28-4)18(15)20(16)24/h8-10H,1,7H2,2-6H3. The summed E-state index contributed by atoms with van der Waals surface area (Å²) in [5.74, 6) is -0.778. The minimum Gasteiger partial charge on any atom is -0.497 e. The number of carbonyl (C=O) groups excluding carboxylic acids is 3. The van der Waals surface area contributed by atoms with E-state index in [4.69, 9.17) is 18.9 Å². The highest BCUT2D eigenvalue weighted by Gasteiger charge is 2.38. The summed E-state index contributed by atoms with van der Waals surface area (Å²) in [5.41, 5.74) is 1.74. The SMILES string of the molecule is C=C(C)Cc1c(C(=O)OC)cc2c(c1OC)C(=O)c1cc(OC)cc(OC)c1C2=O. The predicted octanol–water partition coefficient (Wildman–Crippen LogP) is 3.39. The fourth-order valence-corrected chi connectivity index (χ4v) is 3.65. The Bertz CT molecular complexity index is 1100. The van der Waals surface area contributed by atoms with Crippen molar-refractivity contribution in [2.75, 3.05) is 28.4 Å². The smallest absolute Gasteiger partial charge is 0.338 e. The average molecular weight is 410 g/mol. The lowest BCUT2D eigenvalue weighted by Gasteiger charge is -2.25. The van der Waals surface area contributed by atoms with Crippen LogP contribution >= 0.6 is 0 Å². The second-order valence-corrected chi connectivity index (χ2v) is 6.89. The number of rotatable bonds is 6. The Hall–Kier alpha value is -3.61. The van der Waals surface area contributed by atoms with Crippen molar-refractivity contribution in [3.05, 3.63) is 63.7 Å². The highest BCUT2D eigenvalue weighted by molar-refractivity contribution is 6.31. The van der Waals surface area contributed by atoms with E-state index >= 15 is 0 Å². The maximum Gasteiger partial charge on any atom is 0.338 e. The van der Waals surface area contributed by atoms with Gasteiger partial charge in [0.1, 0.15) is 17.2 Å². The van der Waals surface area contributed by atoms with Crippen molar-refractivity contribution < 1.29 is 33.3 Å². The number of hydrogen-bond donors (Lipinski definition) is 0. The molecule has 2 aromatic carbocycles. The van der Waals surface area contributed by atoms with Crippen LogP contribution in [0.25, 0.3) is 0 Å². The van der Waals surface area contributed by atoms with E-state index in [1.807, 2.05) is 0 Å². The largest absolute Gasteiger partial charge is 0.497 e. The molecule has 0 N–H and O–H groups in total. The van der Waals surface area contributed by atoms with Crippen molar-refractivity contribution >= 4 is 17.5 Å². The Labute approximate surface area is 174 Å². The van der Waals surface area contributed by atoms with Gasteiger partial charge < -0.3 is 18.9 Å². The van der Waals surface area contributed by atoms with Crippen LogP contribution in [-0.2, 0) is 11.2 Å². The number of ether oxygens (including phenoxy) is 4. The molecule has 0 amide bonds. The van der Waals surface area contributed by atoms with Gasteiger partial charge in [-0.05, 0) is 25.5 Å². The van der Waals surface area contributed by atoms with Gasteiger partial charge in [-0.25, -0.2) is 4.79 Å². The molecule has 0 bridgehead atoms. The maximum absolute atomic E-state index is 13.5. The van der Waals surface area contributed by atoms with E-state index < -0.39 is 17.5 Å². The van der Waals surface area contributed by atoms with Crippen LogP contribution in [0.15, 0.2) is 30.4 Å². The van der Waals surface area contributed by atoms with Crippen LogP contribution in [0.3, 0.4) is 0 Å². The summed E-state index contributed by atoms with van der Waals surface area (Å²) >= 11 is 0. The molecule has 0 heterocycles. The van der Waals surface area contributed by atoms with Gasteiger partial charge in [0.25, 0.3) is 0 Å².